The number of carbonyl (C=O) groups is 5. The molecule has 0 aliphatic rings. The van der Waals surface area contributed by atoms with Crippen LogP contribution in [-0.2, 0) is 30.4 Å². The fraction of sp³-hybridized carbons (Fsp3) is 0.542. The number of nitrogens with two attached hydrogens (primary N) is 2. The van der Waals surface area contributed by atoms with Crippen molar-refractivity contribution in [1.29, 1.82) is 0 Å². The molecule has 1 rings (SSSR count). The van der Waals surface area contributed by atoms with Crippen molar-refractivity contribution >= 4 is 29.7 Å². The molecule has 0 bridgehead atoms. The summed E-state index contributed by atoms with van der Waals surface area (Å²) in [4.78, 5) is 60.9. The summed E-state index contributed by atoms with van der Waals surface area (Å²) in [6.07, 6.45) is 0.718. The summed E-state index contributed by atoms with van der Waals surface area (Å²) in [6, 6.07) is 4.05. The van der Waals surface area contributed by atoms with Gasteiger partial charge in [0.2, 0.25) is 17.7 Å². The zero-order valence-corrected chi connectivity index (χ0v) is 20.6. The Labute approximate surface area is 210 Å². The lowest BCUT2D eigenvalue weighted by Crippen LogP contribution is -2.58. The summed E-state index contributed by atoms with van der Waals surface area (Å²) in [6.45, 7) is 3.70. The molecule has 0 aromatic heterocycles. The highest BCUT2D eigenvalue weighted by molar-refractivity contribution is 5.94. The van der Waals surface area contributed by atoms with Gasteiger partial charge >= 0.3 is 11.9 Å². The minimum absolute atomic E-state index is 0.0531. The van der Waals surface area contributed by atoms with E-state index in [0.29, 0.717) is 24.9 Å². The maximum atomic E-state index is 13.0. The molecule has 3 amide bonds. The van der Waals surface area contributed by atoms with Crippen molar-refractivity contribution in [2.75, 3.05) is 6.54 Å². The van der Waals surface area contributed by atoms with Crippen LogP contribution in [0.3, 0.4) is 0 Å². The molecule has 1 aromatic carbocycles. The SMILES string of the molecule is CC(C)C(NC(=O)C(N)CC(=O)O)C(=O)NC(CCCCN)C(=O)NC(Cc1ccccc1)C(=O)O. The molecular formula is C24H37N5O7. The Morgan fingerprint density at radius 2 is 1.47 bits per heavy atom. The van der Waals surface area contributed by atoms with E-state index >= 15 is 0 Å². The third-order valence-corrected chi connectivity index (χ3v) is 5.46. The second-order valence-electron chi connectivity index (χ2n) is 8.87. The maximum Gasteiger partial charge on any atom is 0.326 e. The number of aliphatic carboxylic acids is 2. The summed E-state index contributed by atoms with van der Waals surface area (Å²) in [5.41, 5.74) is 11.8. The number of carboxylic acid groups (broad SMARTS) is 2. The monoisotopic (exact) mass is 507 g/mol. The standard InChI is InChI=1S/C24H37N5O7/c1-14(2)20(29-21(32)16(26)13-19(30)31)23(34)27-17(10-6-7-11-25)22(33)28-18(24(35)36)12-15-8-4-3-5-9-15/h3-5,8-9,14,16-18,20H,6-7,10-13,25-26H2,1-2H3,(H,27,34)(H,28,33)(H,29,32)(H,30,31)(H,35,36). The van der Waals surface area contributed by atoms with Gasteiger partial charge in [-0.3, -0.25) is 19.2 Å². The summed E-state index contributed by atoms with van der Waals surface area (Å²) in [5, 5.41) is 26.0. The van der Waals surface area contributed by atoms with Gasteiger partial charge < -0.3 is 37.6 Å². The van der Waals surface area contributed by atoms with E-state index < -0.39 is 66.2 Å². The van der Waals surface area contributed by atoms with E-state index in [9.17, 15) is 29.1 Å². The molecule has 0 aliphatic heterocycles. The fourth-order valence-corrected chi connectivity index (χ4v) is 3.42. The molecular weight excluding hydrogens is 470 g/mol. The number of rotatable bonds is 16. The van der Waals surface area contributed by atoms with Gasteiger partial charge in [0.1, 0.15) is 18.1 Å². The lowest BCUT2D eigenvalue weighted by molar-refractivity contribution is -0.142. The van der Waals surface area contributed by atoms with Crippen molar-refractivity contribution in [3.05, 3.63) is 35.9 Å². The van der Waals surface area contributed by atoms with Crippen LogP contribution in [0.1, 0.15) is 45.1 Å². The third kappa shape index (κ3) is 10.8. The topological polar surface area (TPSA) is 214 Å². The van der Waals surface area contributed by atoms with Crippen molar-refractivity contribution in [3.63, 3.8) is 0 Å². The smallest absolute Gasteiger partial charge is 0.326 e. The van der Waals surface area contributed by atoms with Crippen molar-refractivity contribution in [2.45, 2.75) is 70.1 Å². The van der Waals surface area contributed by atoms with E-state index in [2.05, 4.69) is 16.0 Å². The molecule has 0 radical (unpaired) electrons. The molecule has 0 saturated carbocycles. The van der Waals surface area contributed by atoms with Crippen LogP contribution < -0.4 is 27.4 Å². The molecule has 1 aromatic rings. The van der Waals surface area contributed by atoms with Gasteiger partial charge in [-0.2, -0.15) is 0 Å². The van der Waals surface area contributed by atoms with Crippen molar-refractivity contribution in [2.24, 2.45) is 17.4 Å². The van der Waals surface area contributed by atoms with Gasteiger partial charge in [0.25, 0.3) is 0 Å². The molecule has 0 spiro atoms. The minimum atomic E-state index is -1.35. The van der Waals surface area contributed by atoms with Crippen LogP contribution >= 0.6 is 0 Å². The number of unbranched alkanes of at least 4 members (excludes halogenated alkanes) is 1. The largest absolute Gasteiger partial charge is 0.481 e. The number of benzene rings is 1. The molecule has 200 valence electrons. The van der Waals surface area contributed by atoms with Gasteiger partial charge in [0.15, 0.2) is 0 Å². The second kappa shape index (κ2) is 15.5. The predicted octanol–water partition coefficient (Wildman–Crippen LogP) is -0.645. The first kappa shape index (κ1) is 30.5. The Balaban J connectivity index is 2.98. The summed E-state index contributed by atoms with van der Waals surface area (Å²) >= 11 is 0. The lowest BCUT2D eigenvalue weighted by atomic mass is 10.0. The molecule has 9 N–H and O–H groups in total. The maximum absolute atomic E-state index is 13.0. The number of hydrogen-bond acceptors (Lipinski definition) is 7. The molecule has 4 atom stereocenters. The van der Waals surface area contributed by atoms with Gasteiger partial charge in [-0.05, 0) is 37.3 Å². The van der Waals surface area contributed by atoms with Crippen molar-refractivity contribution in [1.82, 2.24) is 16.0 Å². The number of amides is 3. The van der Waals surface area contributed by atoms with Crippen LogP contribution in [0.15, 0.2) is 30.3 Å². The highest BCUT2D eigenvalue weighted by atomic mass is 16.4. The van der Waals surface area contributed by atoms with Gasteiger partial charge in [0, 0.05) is 6.42 Å². The van der Waals surface area contributed by atoms with Crippen molar-refractivity contribution < 1.29 is 34.2 Å². The van der Waals surface area contributed by atoms with Crippen molar-refractivity contribution in [3.8, 4) is 0 Å². The molecule has 0 fully saturated rings. The lowest BCUT2D eigenvalue weighted by Gasteiger charge is -2.27. The Kier molecular flexibility index (Phi) is 13.1. The first-order valence-corrected chi connectivity index (χ1v) is 11.8. The van der Waals surface area contributed by atoms with E-state index in [-0.39, 0.29) is 12.8 Å². The molecule has 4 unspecified atom stereocenters. The van der Waals surface area contributed by atoms with Crippen LogP contribution in [0.5, 0.6) is 0 Å². The number of nitrogens with one attached hydrogen (secondary N) is 3. The molecule has 0 aliphatic carbocycles. The van der Waals surface area contributed by atoms with E-state index in [1.54, 1.807) is 44.2 Å². The highest BCUT2D eigenvalue weighted by Gasteiger charge is 2.32. The molecule has 36 heavy (non-hydrogen) atoms. The summed E-state index contributed by atoms with van der Waals surface area (Å²) < 4.78 is 0. The average molecular weight is 508 g/mol. The van der Waals surface area contributed by atoms with E-state index in [4.69, 9.17) is 16.6 Å². The second-order valence-corrected chi connectivity index (χ2v) is 8.87. The Bertz CT molecular complexity index is 894. The van der Waals surface area contributed by atoms with Gasteiger partial charge in [-0.25, -0.2) is 4.79 Å². The number of hydrogen-bond donors (Lipinski definition) is 7. The number of carbonyl (C=O) groups excluding carboxylic acids is 3. The Hall–Kier alpha value is -3.51. The average Bonchev–Trinajstić information content (AvgIpc) is 2.81. The van der Waals surface area contributed by atoms with Crippen LogP contribution in [-0.4, -0.2) is 70.6 Å². The van der Waals surface area contributed by atoms with Gasteiger partial charge in [-0.15, -0.1) is 0 Å². The molecule has 0 heterocycles. The highest BCUT2D eigenvalue weighted by Crippen LogP contribution is 2.09. The van der Waals surface area contributed by atoms with Crippen LogP contribution in [0.4, 0.5) is 0 Å². The van der Waals surface area contributed by atoms with Gasteiger partial charge in [-0.1, -0.05) is 44.2 Å². The molecule has 12 heteroatoms. The summed E-state index contributed by atoms with van der Waals surface area (Å²) in [7, 11) is 0. The fourth-order valence-electron chi connectivity index (χ4n) is 3.42. The van der Waals surface area contributed by atoms with Crippen LogP contribution in [0.2, 0.25) is 0 Å². The first-order valence-electron chi connectivity index (χ1n) is 11.8. The van der Waals surface area contributed by atoms with Gasteiger partial charge in [0.05, 0.1) is 12.5 Å². The van der Waals surface area contributed by atoms with E-state index in [1.807, 2.05) is 0 Å². The van der Waals surface area contributed by atoms with E-state index in [0.717, 1.165) is 0 Å². The van der Waals surface area contributed by atoms with Crippen LogP contribution in [0, 0.1) is 5.92 Å². The van der Waals surface area contributed by atoms with Crippen LogP contribution in [0.25, 0.3) is 0 Å². The van der Waals surface area contributed by atoms with E-state index in [1.165, 1.54) is 0 Å². The molecule has 12 nitrogen and oxygen atoms in total. The summed E-state index contributed by atoms with van der Waals surface area (Å²) in [5.74, 6) is -5.07. The molecule has 0 saturated heterocycles. The number of carboxylic acids is 2. The Morgan fingerprint density at radius 1 is 0.861 bits per heavy atom. The minimum Gasteiger partial charge on any atom is -0.481 e. The zero-order chi connectivity index (χ0) is 27.3. The zero-order valence-electron chi connectivity index (χ0n) is 20.6. The third-order valence-electron chi connectivity index (χ3n) is 5.46. The first-order chi connectivity index (χ1) is 17.0. The predicted molar refractivity (Wildman–Crippen MR) is 132 cm³/mol. The Morgan fingerprint density at radius 3 is 2.00 bits per heavy atom. The quantitative estimate of drug-likeness (QED) is 0.141. The normalized spacial score (nSPS) is 14.2.